The molecule has 3 heteroatoms. The van der Waals surface area contributed by atoms with Crippen molar-refractivity contribution in [3.8, 4) is 11.5 Å². The van der Waals surface area contributed by atoms with Crippen LogP contribution in [0.4, 0.5) is 0 Å². The molecule has 0 aromatic heterocycles. The molecule has 4 aromatic rings. The van der Waals surface area contributed by atoms with Crippen molar-refractivity contribution in [3.05, 3.63) is 83.4 Å². The van der Waals surface area contributed by atoms with Crippen LogP contribution in [0.2, 0.25) is 0 Å². The highest BCUT2D eigenvalue weighted by molar-refractivity contribution is 6.02. The summed E-state index contributed by atoms with van der Waals surface area (Å²) in [7, 11) is 3.41. The Morgan fingerprint density at radius 2 is 1.34 bits per heavy atom. The minimum atomic E-state index is 0.822. The largest absolute Gasteiger partial charge is 0.493 e. The molecule has 0 spiro atoms. The third-order valence-electron chi connectivity index (χ3n) is 6.20. The van der Waals surface area contributed by atoms with Gasteiger partial charge in [0.2, 0.25) is 0 Å². The van der Waals surface area contributed by atoms with E-state index in [0.29, 0.717) is 0 Å². The first-order valence-electron chi connectivity index (χ1n) is 10.2. The van der Waals surface area contributed by atoms with Crippen molar-refractivity contribution in [1.82, 2.24) is 0 Å². The van der Waals surface area contributed by atoms with E-state index in [4.69, 9.17) is 9.47 Å². The van der Waals surface area contributed by atoms with Crippen LogP contribution in [0.15, 0.2) is 66.7 Å². The van der Waals surface area contributed by atoms with Gasteiger partial charge in [-0.15, -0.1) is 0 Å². The molecule has 146 valence electrons. The third kappa shape index (κ3) is 3.22. The Labute approximate surface area is 171 Å². The van der Waals surface area contributed by atoms with Gasteiger partial charge < -0.3 is 14.4 Å². The molecule has 0 fully saturated rings. The van der Waals surface area contributed by atoms with Crippen LogP contribution in [-0.4, -0.2) is 20.8 Å². The molecule has 0 saturated carbocycles. The Morgan fingerprint density at radius 1 is 0.759 bits per heavy atom. The maximum atomic E-state index is 5.54. The lowest BCUT2D eigenvalue weighted by atomic mass is 9.94. The molecule has 1 unspecified atom stereocenters. The minimum absolute atomic E-state index is 0.822. The zero-order valence-corrected chi connectivity index (χ0v) is 17.0. The summed E-state index contributed by atoms with van der Waals surface area (Å²) in [6.07, 6.45) is 1.06. The molecular formula is C26H26NO2+. The second kappa shape index (κ2) is 7.41. The predicted octanol–water partition coefficient (Wildman–Crippen LogP) is 4.15. The van der Waals surface area contributed by atoms with Crippen molar-refractivity contribution in [2.75, 3.05) is 20.8 Å². The van der Waals surface area contributed by atoms with Gasteiger partial charge in [-0.05, 0) is 45.3 Å². The minimum Gasteiger partial charge on any atom is -0.493 e. The number of hydrogen-bond acceptors (Lipinski definition) is 2. The van der Waals surface area contributed by atoms with Gasteiger partial charge in [0.05, 0.1) is 20.8 Å². The van der Waals surface area contributed by atoms with Crippen molar-refractivity contribution in [2.45, 2.75) is 19.5 Å². The van der Waals surface area contributed by atoms with Gasteiger partial charge in [0.1, 0.15) is 13.1 Å². The van der Waals surface area contributed by atoms with Gasteiger partial charge in [-0.25, -0.2) is 0 Å². The summed E-state index contributed by atoms with van der Waals surface area (Å²) in [5.74, 6) is 1.65. The van der Waals surface area contributed by atoms with E-state index in [1.54, 1.807) is 19.1 Å². The van der Waals surface area contributed by atoms with Crippen LogP contribution in [0.1, 0.15) is 16.7 Å². The summed E-state index contributed by atoms with van der Waals surface area (Å²) in [5, 5.41) is 5.39. The van der Waals surface area contributed by atoms with Crippen molar-refractivity contribution in [2.24, 2.45) is 0 Å². The van der Waals surface area contributed by atoms with E-state index >= 15 is 0 Å². The molecule has 1 heterocycles. The Kier molecular flexibility index (Phi) is 4.61. The standard InChI is InChI=1S/C26H25NO2/c1-28-25-14-18-11-12-27(16-21(18)15-26(25)29-2)17-24-22-9-5-3-7-19(22)13-20-8-4-6-10-23(20)24/h3-10,13-15H,11-12,16-17H2,1-2H3/p+1. The van der Waals surface area contributed by atoms with Gasteiger partial charge >= 0.3 is 0 Å². The molecule has 0 bridgehead atoms. The number of nitrogens with one attached hydrogen (secondary N) is 1. The van der Waals surface area contributed by atoms with E-state index < -0.39 is 0 Å². The van der Waals surface area contributed by atoms with Crippen LogP contribution < -0.4 is 14.4 Å². The fraction of sp³-hybridized carbons (Fsp3) is 0.231. The number of hydrogen-bond donors (Lipinski definition) is 1. The second-order valence-electron chi connectivity index (χ2n) is 7.88. The monoisotopic (exact) mass is 384 g/mol. The SMILES string of the molecule is COc1cc2c(cc1OC)C[NH+](Cc1c3ccccc3cc3ccccc13)CC2. The molecule has 1 N–H and O–H groups in total. The van der Waals surface area contributed by atoms with E-state index in [-0.39, 0.29) is 0 Å². The molecule has 0 aliphatic carbocycles. The lowest BCUT2D eigenvalue weighted by Crippen LogP contribution is -3.10. The molecule has 5 rings (SSSR count). The molecule has 3 nitrogen and oxygen atoms in total. The van der Waals surface area contributed by atoms with E-state index in [1.165, 1.54) is 38.2 Å². The van der Waals surface area contributed by atoms with Crippen molar-refractivity contribution in [3.63, 3.8) is 0 Å². The summed E-state index contributed by atoms with van der Waals surface area (Å²) in [6, 6.07) is 24.2. The van der Waals surface area contributed by atoms with E-state index in [2.05, 4.69) is 66.7 Å². The molecule has 0 amide bonds. The van der Waals surface area contributed by atoms with E-state index in [9.17, 15) is 0 Å². The van der Waals surface area contributed by atoms with Crippen molar-refractivity contribution < 1.29 is 14.4 Å². The van der Waals surface area contributed by atoms with Crippen LogP contribution in [0, 0.1) is 0 Å². The van der Waals surface area contributed by atoms with E-state index in [1.807, 2.05) is 0 Å². The Balaban J connectivity index is 1.53. The first-order chi connectivity index (χ1) is 14.3. The fourth-order valence-corrected chi connectivity index (χ4v) is 4.73. The van der Waals surface area contributed by atoms with Gasteiger partial charge in [0.15, 0.2) is 11.5 Å². The first-order valence-corrected chi connectivity index (χ1v) is 10.2. The van der Waals surface area contributed by atoms with Gasteiger partial charge in [0, 0.05) is 17.5 Å². The van der Waals surface area contributed by atoms with Crippen LogP contribution in [0.5, 0.6) is 11.5 Å². The van der Waals surface area contributed by atoms with Crippen LogP contribution in [-0.2, 0) is 19.5 Å². The third-order valence-corrected chi connectivity index (χ3v) is 6.20. The highest BCUT2D eigenvalue weighted by Crippen LogP contribution is 2.32. The Hall–Kier alpha value is -3.04. The highest BCUT2D eigenvalue weighted by Gasteiger charge is 2.23. The Bertz CT molecular complexity index is 1140. The molecule has 1 atom stereocenters. The molecule has 4 aromatic carbocycles. The van der Waals surface area contributed by atoms with Crippen molar-refractivity contribution in [1.29, 1.82) is 0 Å². The van der Waals surface area contributed by atoms with E-state index in [0.717, 1.165) is 37.6 Å². The van der Waals surface area contributed by atoms with Crippen molar-refractivity contribution >= 4 is 21.5 Å². The Morgan fingerprint density at radius 3 is 1.97 bits per heavy atom. The quantitative estimate of drug-likeness (QED) is 0.534. The van der Waals surface area contributed by atoms with Gasteiger partial charge in [-0.1, -0.05) is 48.5 Å². The fourth-order valence-electron chi connectivity index (χ4n) is 4.73. The summed E-state index contributed by atoms with van der Waals surface area (Å²) in [5.41, 5.74) is 4.21. The summed E-state index contributed by atoms with van der Waals surface area (Å²) in [4.78, 5) is 1.59. The molecular weight excluding hydrogens is 358 g/mol. The molecule has 29 heavy (non-hydrogen) atoms. The number of rotatable bonds is 4. The number of quaternary nitrogens is 1. The normalized spacial score (nSPS) is 16.0. The van der Waals surface area contributed by atoms with Crippen LogP contribution in [0.3, 0.4) is 0 Å². The topological polar surface area (TPSA) is 22.9 Å². The summed E-state index contributed by atoms with van der Waals surface area (Å²) < 4.78 is 11.0. The number of benzene rings is 4. The van der Waals surface area contributed by atoms with Gasteiger partial charge in [-0.2, -0.15) is 0 Å². The number of methoxy groups -OCH3 is 2. The molecule has 0 radical (unpaired) electrons. The highest BCUT2D eigenvalue weighted by atomic mass is 16.5. The molecule has 1 aliphatic rings. The summed E-state index contributed by atoms with van der Waals surface area (Å²) >= 11 is 0. The number of ether oxygens (including phenoxy) is 2. The first kappa shape index (κ1) is 18.0. The average Bonchev–Trinajstić information content (AvgIpc) is 2.77. The maximum Gasteiger partial charge on any atom is 0.161 e. The zero-order valence-electron chi connectivity index (χ0n) is 17.0. The predicted molar refractivity (Wildman–Crippen MR) is 118 cm³/mol. The average molecular weight is 384 g/mol. The lowest BCUT2D eigenvalue weighted by molar-refractivity contribution is -0.929. The van der Waals surface area contributed by atoms with Crippen LogP contribution in [0.25, 0.3) is 21.5 Å². The van der Waals surface area contributed by atoms with Crippen LogP contribution >= 0.6 is 0 Å². The number of fused-ring (bicyclic) bond motifs is 3. The molecule has 1 aliphatic heterocycles. The summed E-state index contributed by atoms with van der Waals surface area (Å²) in [6.45, 7) is 3.16. The van der Waals surface area contributed by atoms with Gasteiger partial charge in [-0.3, -0.25) is 0 Å². The second-order valence-corrected chi connectivity index (χ2v) is 7.88. The lowest BCUT2D eigenvalue weighted by Gasteiger charge is -2.27. The zero-order chi connectivity index (χ0) is 19.8. The smallest absolute Gasteiger partial charge is 0.161 e. The maximum absolute atomic E-state index is 5.54. The molecule has 0 saturated heterocycles. The van der Waals surface area contributed by atoms with Gasteiger partial charge in [0.25, 0.3) is 0 Å².